The minimum Gasteiger partial charge on any atom is -0.493 e. The van der Waals surface area contributed by atoms with Crippen LogP contribution in [0.5, 0.6) is 5.75 Å². The van der Waals surface area contributed by atoms with Crippen LogP contribution in [0.3, 0.4) is 0 Å². The van der Waals surface area contributed by atoms with Gasteiger partial charge in [-0.3, -0.25) is 0 Å². The fourth-order valence-electron chi connectivity index (χ4n) is 4.68. The van der Waals surface area contributed by atoms with Gasteiger partial charge in [-0.2, -0.15) is 0 Å². The first-order valence-electron chi connectivity index (χ1n) is 9.08. The monoisotopic (exact) mass is 409 g/mol. The van der Waals surface area contributed by atoms with E-state index in [-0.39, 0.29) is 0 Å². The van der Waals surface area contributed by atoms with E-state index in [1.165, 1.54) is 18.4 Å². The van der Waals surface area contributed by atoms with Crippen molar-refractivity contribution in [3.05, 3.63) is 63.1 Å². The van der Waals surface area contributed by atoms with E-state index in [1.54, 1.807) is 0 Å². The third-order valence-corrected chi connectivity index (χ3v) is 7.02. The molecular weight excluding hydrogens is 389 g/mol. The molecule has 2 nitrogen and oxygen atoms in total. The van der Waals surface area contributed by atoms with Gasteiger partial charge in [-0.25, -0.2) is 0 Å². The lowest BCUT2D eigenvalue weighted by molar-refractivity contribution is 0.0666. The Morgan fingerprint density at radius 1 is 1.04 bits per heavy atom. The summed E-state index contributed by atoms with van der Waals surface area (Å²) in [5.74, 6) is 1.67. The van der Waals surface area contributed by atoms with Crippen LogP contribution in [0.25, 0.3) is 0 Å². The zero-order valence-corrected chi connectivity index (χ0v) is 16.9. The Morgan fingerprint density at radius 3 is 2.65 bits per heavy atom. The average Bonchev–Trinajstić information content (AvgIpc) is 2.86. The molecule has 0 N–H and O–H groups in total. The molecule has 4 atom stereocenters. The van der Waals surface area contributed by atoms with Crippen LogP contribution in [0.1, 0.15) is 30.7 Å². The molecule has 2 aliphatic rings. The maximum absolute atomic E-state index is 6.30. The molecule has 0 aromatic heterocycles. The minimum absolute atomic E-state index is 0.412. The van der Waals surface area contributed by atoms with Crippen molar-refractivity contribution in [2.45, 2.75) is 37.3 Å². The maximum Gasteiger partial charge on any atom is 0.120 e. The quantitative estimate of drug-likeness (QED) is 0.587. The third-order valence-electron chi connectivity index (χ3n) is 6.04. The number of benzene rings is 2. The molecule has 2 fully saturated rings. The summed E-state index contributed by atoms with van der Waals surface area (Å²) in [7, 11) is 2.25. The zero-order chi connectivity index (χ0) is 18.3. The van der Waals surface area contributed by atoms with Crippen LogP contribution in [0.15, 0.2) is 42.5 Å². The number of rotatable bonds is 4. The number of halogens is 3. The summed E-state index contributed by atoms with van der Waals surface area (Å²) >= 11 is 18.5. The van der Waals surface area contributed by atoms with E-state index < -0.39 is 0 Å². The van der Waals surface area contributed by atoms with Crippen molar-refractivity contribution in [1.82, 2.24) is 4.90 Å². The zero-order valence-electron chi connectivity index (χ0n) is 14.7. The number of nitrogens with zero attached hydrogens (tertiary/aromatic N) is 1. The predicted octanol–water partition coefficient (Wildman–Crippen LogP) is 6.29. The molecule has 0 spiro atoms. The van der Waals surface area contributed by atoms with Gasteiger partial charge >= 0.3 is 0 Å². The van der Waals surface area contributed by atoms with Crippen molar-refractivity contribution in [1.29, 1.82) is 0 Å². The van der Waals surface area contributed by atoms with Crippen LogP contribution in [0.2, 0.25) is 15.1 Å². The van der Waals surface area contributed by atoms with E-state index in [0.29, 0.717) is 45.6 Å². The molecule has 0 saturated carbocycles. The Bertz CT molecular complexity index is 797. The van der Waals surface area contributed by atoms with Crippen LogP contribution in [-0.2, 0) is 0 Å². The lowest BCUT2D eigenvalue weighted by Crippen LogP contribution is -2.47. The average molecular weight is 411 g/mol. The van der Waals surface area contributed by atoms with Gasteiger partial charge in [0.15, 0.2) is 0 Å². The molecule has 0 amide bonds. The first-order valence-corrected chi connectivity index (χ1v) is 10.2. The van der Waals surface area contributed by atoms with Crippen LogP contribution in [0.4, 0.5) is 0 Å². The Hall–Kier alpha value is -0.930. The molecule has 2 aromatic carbocycles. The molecule has 5 heteroatoms. The molecule has 138 valence electrons. The molecule has 26 heavy (non-hydrogen) atoms. The number of ether oxygens (including phenoxy) is 1. The highest BCUT2D eigenvalue weighted by Crippen LogP contribution is 2.47. The minimum atomic E-state index is 0.412. The molecule has 2 saturated heterocycles. The molecular formula is C21H22Cl3NO. The Morgan fingerprint density at radius 2 is 1.88 bits per heavy atom. The van der Waals surface area contributed by atoms with Gasteiger partial charge in [0.2, 0.25) is 0 Å². The molecule has 2 aliphatic heterocycles. The van der Waals surface area contributed by atoms with Crippen molar-refractivity contribution in [3.8, 4) is 5.75 Å². The van der Waals surface area contributed by atoms with Crippen LogP contribution < -0.4 is 4.74 Å². The van der Waals surface area contributed by atoms with Gasteiger partial charge in [0.25, 0.3) is 0 Å². The summed E-state index contributed by atoms with van der Waals surface area (Å²) in [5.41, 5.74) is 1.27. The SMILES string of the molecule is CN1C2CC[C@@H]1[C@H](COc1cccc(Cl)c1)[C@@H](c1ccc(Cl)c(Cl)c1)C2. The molecule has 2 heterocycles. The number of hydrogen-bond acceptors (Lipinski definition) is 2. The van der Waals surface area contributed by atoms with Crippen molar-refractivity contribution in [3.63, 3.8) is 0 Å². The smallest absolute Gasteiger partial charge is 0.120 e. The van der Waals surface area contributed by atoms with Gasteiger partial charge in [-0.05, 0) is 68.1 Å². The number of piperidine rings is 1. The summed E-state index contributed by atoms with van der Waals surface area (Å²) < 4.78 is 6.16. The standard InChI is InChI=1S/C21H22Cl3NO/c1-25-15-6-8-21(25)18(12-26-16-4-2-3-14(22)10-16)17(11-15)13-5-7-19(23)20(24)9-13/h2-5,7,9-10,15,17-18,21H,6,8,11-12H2,1H3/t15?,17-,18-,21-/m1/s1. The summed E-state index contributed by atoms with van der Waals surface area (Å²) in [5, 5.41) is 1.94. The normalized spacial score (nSPS) is 28.3. The largest absolute Gasteiger partial charge is 0.493 e. The van der Waals surface area contributed by atoms with E-state index in [0.717, 1.165) is 12.2 Å². The topological polar surface area (TPSA) is 12.5 Å². The summed E-state index contributed by atoms with van der Waals surface area (Å²) in [6.07, 6.45) is 3.61. The lowest BCUT2D eigenvalue weighted by Gasteiger charge is -2.43. The van der Waals surface area contributed by atoms with E-state index in [4.69, 9.17) is 39.5 Å². The number of hydrogen-bond donors (Lipinski definition) is 0. The van der Waals surface area contributed by atoms with Crippen molar-refractivity contribution < 1.29 is 4.74 Å². The second-order valence-corrected chi connectivity index (χ2v) is 8.66. The Labute approximate surface area is 170 Å². The molecule has 2 bridgehead atoms. The van der Waals surface area contributed by atoms with Gasteiger partial charge in [-0.15, -0.1) is 0 Å². The highest BCUT2D eigenvalue weighted by Gasteiger charge is 2.46. The van der Waals surface area contributed by atoms with Gasteiger partial charge in [0.05, 0.1) is 16.7 Å². The fraction of sp³-hybridized carbons (Fsp3) is 0.429. The first-order chi connectivity index (χ1) is 12.5. The van der Waals surface area contributed by atoms with Crippen molar-refractivity contribution in [2.75, 3.05) is 13.7 Å². The van der Waals surface area contributed by atoms with Crippen molar-refractivity contribution >= 4 is 34.8 Å². The van der Waals surface area contributed by atoms with Crippen LogP contribution in [-0.4, -0.2) is 30.6 Å². The summed E-state index contributed by atoms with van der Waals surface area (Å²) in [6.45, 7) is 0.674. The second kappa shape index (κ2) is 7.59. The molecule has 1 unspecified atom stereocenters. The van der Waals surface area contributed by atoms with Crippen LogP contribution in [0, 0.1) is 5.92 Å². The molecule has 0 radical (unpaired) electrons. The van der Waals surface area contributed by atoms with E-state index >= 15 is 0 Å². The van der Waals surface area contributed by atoms with Gasteiger partial charge in [0.1, 0.15) is 5.75 Å². The summed E-state index contributed by atoms with van der Waals surface area (Å²) in [4.78, 5) is 2.54. The number of fused-ring (bicyclic) bond motifs is 2. The Kier molecular flexibility index (Phi) is 5.38. The maximum atomic E-state index is 6.30. The highest BCUT2D eigenvalue weighted by molar-refractivity contribution is 6.42. The van der Waals surface area contributed by atoms with Crippen LogP contribution >= 0.6 is 34.8 Å². The molecule has 2 aromatic rings. The lowest BCUT2D eigenvalue weighted by atomic mass is 9.76. The van der Waals surface area contributed by atoms with Crippen molar-refractivity contribution in [2.24, 2.45) is 5.92 Å². The van der Waals surface area contributed by atoms with E-state index in [1.807, 2.05) is 36.4 Å². The Balaban J connectivity index is 1.59. The molecule has 4 rings (SSSR count). The first kappa shape index (κ1) is 18.4. The van der Waals surface area contributed by atoms with E-state index in [2.05, 4.69) is 18.0 Å². The summed E-state index contributed by atoms with van der Waals surface area (Å²) in [6, 6.07) is 14.9. The van der Waals surface area contributed by atoms with Gasteiger partial charge in [0, 0.05) is 23.0 Å². The second-order valence-electron chi connectivity index (χ2n) is 7.41. The fourth-order valence-corrected chi connectivity index (χ4v) is 5.17. The third kappa shape index (κ3) is 3.57. The highest BCUT2D eigenvalue weighted by atomic mass is 35.5. The predicted molar refractivity (Wildman–Crippen MR) is 109 cm³/mol. The van der Waals surface area contributed by atoms with Gasteiger partial charge in [-0.1, -0.05) is 46.9 Å². The van der Waals surface area contributed by atoms with Gasteiger partial charge < -0.3 is 9.64 Å². The molecule has 0 aliphatic carbocycles. The van der Waals surface area contributed by atoms with E-state index in [9.17, 15) is 0 Å².